The van der Waals surface area contributed by atoms with Crippen LogP contribution in [-0.4, -0.2) is 10.7 Å². The maximum absolute atomic E-state index is 4.69. The highest BCUT2D eigenvalue weighted by atomic mass is 16.5. The van der Waals surface area contributed by atoms with Gasteiger partial charge >= 0.3 is 0 Å². The Bertz CT molecular complexity index is 198. The molecule has 0 atom stereocenters. The average molecular weight is 154 g/mol. The van der Waals surface area contributed by atoms with Gasteiger partial charge < -0.3 is 9.84 Å². The number of hydrogen-bond acceptors (Lipinski definition) is 3. The van der Waals surface area contributed by atoms with E-state index >= 15 is 0 Å². The van der Waals surface area contributed by atoms with Crippen molar-refractivity contribution < 1.29 is 4.52 Å². The van der Waals surface area contributed by atoms with Crippen LogP contribution in [0.15, 0.2) is 16.9 Å². The van der Waals surface area contributed by atoms with Crippen molar-refractivity contribution in [2.45, 2.75) is 32.9 Å². The zero-order valence-electron chi connectivity index (χ0n) is 7.22. The molecule has 1 heterocycles. The predicted octanol–water partition coefficient (Wildman–Crippen LogP) is 1.56. The van der Waals surface area contributed by atoms with E-state index in [1.165, 1.54) is 0 Å². The van der Waals surface area contributed by atoms with Crippen molar-refractivity contribution in [1.29, 1.82) is 0 Å². The van der Waals surface area contributed by atoms with Crippen LogP contribution >= 0.6 is 0 Å². The molecule has 1 aromatic rings. The maximum atomic E-state index is 4.69. The molecule has 0 saturated heterocycles. The van der Waals surface area contributed by atoms with Crippen molar-refractivity contribution in [3.63, 3.8) is 0 Å². The minimum absolute atomic E-state index is 0.138. The lowest BCUT2D eigenvalue weighted by Crippen LogP contribution is -2.35. The molecule has 1 rings (SSSR count). The molecule has 0 aliphatic heterocycles. The highest BCUT2D eigenvalue weighted by Crippen LogP contribution is 2.01. The van der Waals surface area contributed by atoms with Gasteiger partial charge in [0.2, 0.25) is 0 Å². The molecule has 1 N–H and O–H groups in total. The predicted molar refractivity (Wildman–Crippen MR) is 43.1 cm³/mol. The van der Waals surface area contributed by atoms with Gasteiger partial charge in [-0.25, -0.2) is 0 Å². The molecule has 0 amide bonds. The average Bonchev–Trinajstić information content (AvgIpc) is 2.32. The highest BCUT2D eigenvalue weighted by molar-refractivity contribution is 4.95. The summed E-state index contributed by atoms with van der Waals surface area (Å²) < 4.78 is 4.69. The summed E-state index contributed by atoms with van der Waals surface area (Å²) in [6.45, 7) is 7.12. The number of nitrogens with zero attached hydrogens (tertiary/aromatic N) is 1. The third-order valence-electron chi connectivity index (χ3n) is 1.29. The number of nitrogens with one attached hydrogen (secondary N) is 1. The molecule has 0 aliphatic rings. The molecule has 0 fully saturated rings. The topological polar surface area (TPSA) is 38.1 Å². The van der Waals surface area contributed by atoms with Gasteiger partial charge in [-0.1, -0.05) is 5.16 Å². The molecule has 3 nitrogen and oxygen atoms in total. The first-order chi connectivity index (χ1) is 5.08. The van der Waals surface area contributed by atoms with Crippen LogP contribution in [0.5, 0.6) is 0 Å². The number of aromatic nitrogens is 1. The van der Waals surface area contributed by atoms with Gasteiger partial charge in [0, 0.05) is 18.2 Å². The largest absolute Gasteiger partial charge is 0.364 e. The van der Waals surface area contributed by atoms with E-state index in [-0.39, 0.29) is 5.54 Å². The Kier molecular flexibility index (Phi) is 2.29. The summed E-state index contributed by atoms with van der Waals surface area (Å²) in [6.07, 6.45) is 1.58. The van der Waals surface area contributed by atoms with E-state index in [9.17, 15) is 0 Å². The second kappa shape index (κ2) is 3.05. The molecule has 3 heteroatoms. The monoisotopic (exact) mass is 154 g/mol. The van der Waals surface area contributed by atoms with Crippen molar-refractivity contribution in [3.8, 4) is 0 Å². The van der Waals surface area contributed by atoms with E-state index in [2.05, 4.69) is 35.8 Å². The van der Waals surface area contributed by atoms with Crippen LogP contribution in [0.1, 0.15) is 26.5 Å². The summed E-state index contributed by atoms with van der Waals surface area (Å²) in [5.41, 5.74) is 1.08. The van der Waals surface area contributed by atoms with Crippen LogP contribution in [0.3, 0.4) is 0 Å². The maximum Gasteiger partial charge on any atom is 0.124 e. The fraction of sp³-hybridized carbons (Fsp3) is 0.625. The molecule has 0 radical (unpaired) electrons. The summed E-state index contributed by atoms with van der Waals surface area (Å²) in [4.78, 5) is 0. The molecule has 0 spiro atoms. The summed E-state index contributed by atoms with van der Waals surface area (Å²) in [7, 11) is 0. The van der Waals surface area contributed by atoms with Crippen LogP contribution in [0.2, 0.25) is 0 Å². The first-order valence-electron chi connectivity index (χ1n) is 3.72. The van der Waals surface area contributed by atoms with E-state index in [1.54, 1.807) is 6.26 Å². The van der Waals surface area contributed by atoms with Gasteiger partial charge in [0.25, 0.3) is 0 Å². The second-order valence-corrected chi connectivity index (χ2v) is 3.59. The zero-order chi connectivity index (χ0) is 8.32. The molecule has 1 aromatic heterocycles. The van der Waals surface area contributed by atoms with Crippen molar-refractivity contribution in [3.05, 3.63) is 18.0 Å². The Labute approximate surface area is 66.8 Å². The normalized spacial score (nSPS) is 11.9. The van der Waals surface area contributed by atoms with Crippen LogP contribution in [0.25, 0.3) is 0 Å². The van der Waals surface area contributed by atoms with Crippen LogP contribution in [-0.2, 0) is 6.54 Å². The summed E-state index contributed by atoms with van der Waals surface area (Å²) >= 11 is 0. The SMILES string of the molecule is CC(C)(C)NCc1ccon1. The Morgan fingerprint density at radius 1 is 1.55 bits per heavy atom. The lowest BCUT2D eigenvalue weighted by molar-refractivity contribution is 0.387. The standard InChI is InChI=1S/C8H14N2O/c1-8(2,3)9-6-7-4-5-11-10-7/h4-5,9H,6H2,1-3H3. The molecule has 0 aromatic carbocycles. The molecule has 0 saturated carbocycles. The summed E-state index contributed by atoms with van der Waals surface area (Å²) in [5.74, 6) is 0. The van der Waals surface area contributed by atoms with E-state index in [1.807, 2.05) is 6.07 Å². The van der Waals surface area contributed by atoms with Crippen LogP contribution in [0.4, 0.5) is 0 Å². The van der Waals surface area contributed by atoms with Crippen molar-refractivity contribution in [2.24, 2.45) is 0 Å². The first-order valence-corrected chi connectivity index (χ1v) is 3.72. The van der Waals surface area contributed by atoms with Gasteiger partial charge in [-0.2, -0.15) is 0 Å². The Morgan fingerprint density at radius 3 is 2.73 bits per heavy atom. The molecule has 0 aliphatic carbocycles. The third kappa shape index (κ3) is 3.18. The summed E-state index contributed by atoms with van der Waals surface area (Å²) in [6, 6.07) is 1.86. The van der Waals surface area contributed by atoms with E-state index < -0.39 is 0 Å². The minimum atomic E-state index is 0.138. The fourth-order valence-electron chi connectivity index (χ4n) is 0.684. The van der Waals surface area contributed by atoms with Gasteiger partial charge in [-0.3, -0.25) is 0 Å². The van der Waals surface area contributed by atoms with E-state index in [0.29, 0.717) is 0 Å². The number of hydrogen-bond donors (Lipinski definition) is 1. The van der Waals surface area contributed by atoms with Gasteiger partial charge in [0.1, 0.15) is 6.26 Å². The van der Waals surface area contributed by atoms with Crippen molar-refractivity contribution in [1.82, 2.24) is 10.5 Å². The minimum Gasteiger partial charge on any atom is -0.364 e. The lowest BCUT2D eigenvalue weighted by Gasteiger charge is -2.19. The van der Waals surface area contributed by atoms with Crippen molar-refractivity contribution >= 4 is 0 Å². The van der Waals surface area contributed by atoms with Gasteiger partial charge in [0.15, 0.2) is 0 Å². The Balaban J connectivity index is 2.35. The smallest absolute Gasteiger partial charge is 0.124 e. The van der Waals surface area contributed by atoms with Gasteiger partial charge in [-0.15, -0.1) is 0 Å². The molecular formula is C8H14N2O. The Hall–Kier alpha value is -0.830. The number of rotatable bonds is 2. The summed E-state index contributed by atoms with van der Waals surface area (Å²) in [5, 5.41) is 7.08. The Morgan fingerprint density at radius 2 is 2.27 bits per heavy atom. The fourth-order valence-corrected chi connectivity index (χ4v) is 0.684. The molecule has 62 valence electrons. The lowest BCUT2D eigenvalue weighted by atomic mass is 10.1. The van der Waals surface area contributed by atoms with Gasteiger partial charge in [-0.05, 0) is 20.8 Å². The van der Waals surface area contributed by atoms with Crippen LogP contribution in [0, 0.1) is 0 Å². The highest BCUT2D eigenvalue weighted by Gasteiger charge is 2.08. The third-order valence-corrected chi connectivity index (χ3v) is 1.29. The molecule has 11 heavy (non-hydrogen) atoms. The van der Waals surface area contributed by atoms with Gasteiger partial charge in [0.05, 0.1) is 5.69 Å². The molecule has 0 bridgehead atoms. The van der Waals surface area contributed by atoms with Crippen molar-refractivity contribution in [2.75, 3.05) is 0 Å². The van der Waals surface area contributed by atoms with E-state index in [4.69, 9.17) is 0 Å². The molecule has 0 unspecified atom stereocenters. The van der Waals surface area contributed by atoms with E-state index in [0.717, 1.165) is 12.2 Å². The zero-order valence-corrected chi connectivity index (χ0v) is 7.22. The quantitative estimate of drug-likeness (QED) is 0.702. The van der Waals surface area contributed by atoms with Crippen LogP contribution < -0.4 is 5.32 Å². The first kappa shape index (κ1) is 8.27. The second-order valence-electron chi connectivity index (χ2n) is 3.59. The molecular weight excluding hydrogens is 140 g/mol.